The molecule has 1 N–H and O–H groups in total. The van der Waals surface area contributed by atoms with Crippen LogP contribution in [0.15, 0.2) is 54.6 Å². The van der Waals surface area contributed by atoms with Crippen molar-refractivity contribution < 1.29 is 4.79 Å². The molecule has 0 aliphatic carbocycles. The van der Waals surface area contributed by atoms with Crippen LogP contribution in [0.5, 0.6) is 0 Å². The summed E-state index contributed by atoms with van der Waals surface area (Å²) in [7, 11) is 0. The maximum Gasteiger partial charge on any atom is 0.231 e. The molecule has 3 heteroatoms. The van der Waals surface area contributed by atoms with Gasteiger partial charge in [0.25, 0.3) is 0 Å². The average molecular weight is 288 g/mol. The molecule has 2 nitrogen and oxygen atoms in total. The second-order valence-corrected chi connectivity index (χ2v) is 5.19. The largest absolute Gasteiger partial charge is 0.326 e. The molecule has 0 aliphatic rings. The Bertz CT molecular complexity index is 568. The van der Waals surface area contributed by atoms with Gasteiger partial charge in [0.2, 0.25) is 5.91 Å². The van der Waals surface area contributed by atoms with Gasteiger partial charge in [0.05, 0.1) is 5.92 Å². The van der Waals surface area contributed by atoms with E-state index in [1.54, 1.807) is 12.1 Å². The molecule has 0 aliphatic heterocycles. The summed E-state index contributed by atoms with van der Waals surface area (Å²) in [6.07, 6.45) is 1.79. The summed E-state index contributed by atoms with van der Waals surface area (Å²) >= 11 is 5.93. The number of hydrogen-bond acceptors (Lipinski definition) is 1. The number of halogens is 1. The lowest BCUT2D eigenvalue weighted by Gasteiger charge is -2.16. The van der Waals surface area contributed by atoms with Gasteiger partial charge >= 0.3 is 0 Å². The Morgan fingerprint density at radius 1 is 1.15 bits per heavy atom. The minimum atomic E-state index is -0.125. The summed E-state index contributed by atoms with van der Waals surface area (Å²) in [6.45, 7) is 2.09. The molecule has 104 valence electrons. The third-order valence-corrected chi connectivity index (χ3v) is 3.42. The van der Waals surface area contributed by atoms with Crippen LogP contribution in [-0.2, 0) is 4.79 Å². The van der Waals surface area contributed by atoms with Crippen LogP contribution in [0.4, 0.5) is 5.69 Å². The highest BCUT2D eigenvalue weighted by Crippen LogP contribution is 2.24. The molecule has 1 amide bonds. The molecular formula is C17H18ClNO. The van der Waals surface area contributed by atoms with Crippen LogP contribution in [0.25, 0.3) is 0 Å². The topological polar surface area (TPSA) is 29.1 Å². The molecule has 0 unspecified atom stereocenters. The van der Waals surface area contributed by atoms with Gasteiger partial charge in [0, 0.05) is 10.7 Å². The molecule has 1 atom stereocenters. The van der Waals surface area contributed by atoms with Gasteiger partial charge in [-0.3, -0.25) is 4.79 Å². The Hall–Kier alpha value is -1.80. The van der Waals surface area contributed by atoms with Crippen molar-refractivity contribution in [3.63, 3.8) is 0 Å². The predicted octanol–water partition coefficient (Wildman–Crippen LogP) is 4.86. The van der Waals surface area contributed by atoms with E-state index < -0.39 is 0 Å². The summed E-state index contributed by atoms with van der Waals surface area (Å²) in [5, 5.41) is 3.56. The lowest BCUT2D eigenvalue weighted by atomic mass is 9.93. The second kappa shape index (κ2) is 7.11. The van der Waals surface area contributed by atoms with Crippen molar-refractivity contribution in [2.75, 3.05) is 5.32 Å². The molecule has 2 aromatic carbocycles. The highest BCUT2D eigenvalue weighted by Gasteiger charge is 2.19. The first-order valence-corrected chi connectivity index (χ1v) is 7.20. The highest BCUT2D eigenvalue weighted by molar-refractivity contribution is 6.30. The van der Waals surface area contributed by atoms with Crippen LogP contribution >= 0.6 is 11.6 Å². The van der Waals surface area contributed by atoms with Gasteiger partial charge in [-0.15, -0.1) is 0 Å². The van der Waals surface area contributed by atoms with Crippen molar-refractivity contribution in [3.8, 4) is 0 Å². The molecule has 0 bridgehead atoms. The van der Waals surface area contributed by atoms with E-state index in [2.05, 4.69) is 12.2 Å². The van der Waals surface area contributed by atoms with Gasteiger partial charge in [-0.1, -0.05) is 61.3 Å². The maximum atomic E-state index is 12.5. The van der Waals surface area contributed by atoms with Crippen LogP contribution < -0.4 is 5.32 Å². The van der Waals surface area contributed by atoms with E-state index in [9.17, 15) is 4.79 Å². The van der Waals surface area contributed by atoms with Crippen molar-refractivity contribution in [1.82, 2.24) is 0 Å². The van der Waals surface area contributed by atoms with Crippen molar-refractivity contribution in [2.24, 2.45) is 0 Å². The maximum absolute atomic E-state index is 12.5. The number of amides is 1. The number of carbonyl (C=O) groups is 1. The third-order valence-electron chi connectivity index (χ3n) is 3.19. The number of benzene rings is 2. The summed E-state index contributed by atoms with van der Waals surface area (Å²) in [4.78, 5) is 12.5. The van der Waals surface area contributed by atoms with Crippen molar-refractivity contribution in [2.45, 2.75) is 25.7 Å². The fourth-order valence-electron chi connectivity index (χ4n) is 2.22. The predicted molar refractivity (Wildman–Crippen MR) is 84.2 cm³/mol. The Labute approximate surface area is 124 Å². The molecule has 2 rings (SSSR count). The van der Waals surface area contributed by atoms with Crippen LogP contribution in [0.2, 0.25) is 5.02 Å². The van der Waals surface area contributed by atoms with Crippen LogP contribution in [0.3, 0.4) is 0 Å². The van der Waals surface area contributed by atoms with E-state index >= 15 is 0 Å². The quantitative estimate of drug-likeness (QED) is 0.836. The Kier molecular flexibility index (Phi) is 5.19. The van der Waals surface area contributed by atoms with E-state index in [4.69, 9.17) is 11.6 Å². The van der Waals surface area contributed by atoms with E-state index in [-0.39, 0.29) is 11.8 Å². The molecule has 20 heavy (non-hydrogen) atoms. The number of anilines is 1. The number of hydrogen-bond donors (Lipinski definition) is 1. The molecule has 0 radical (unpaired) electrons. The van der Waals surface area contributed by atoms with Gasteiger partial charge in [0.15, 0.2) is 0 Å². The van der Waals surface area contributed by atoms with Crippen LogP contribution in [0, 0.1) is 0 Å². The smallest absolute Gasteiger partial charge is 0.231 e. The number of rotatable bonds is 5. The zero-order valence-electron chi connectivity index (χ0n) is 11.5. The minimum Gasteiger partial charge on any atom is -0.326 e. The standard InChI is InChI=1S/C17H18ClNO/c1-2-7-16(13-8-4-3-5-9-13)17(20)19-15-11-6-10-14(18)12-15/h3-6,8-12,16H,2,7H2,1H3,(H,19,20)/t16-/m0/s1. The number of nitrogens with one attached hydrogen (secondary N) is 1. The normalized spacial score (nSPS) is 11.9. The fourth-order valence-corrected chi connectivity index (χ4v) is 2.41. The van der Waals surface area contributed by atoms with E-state index in [0.29, 0.717) is 5.02 Å². The molecule has 2 aromatic rings. The summed E-state index contributed by atoms with van der Waals surface area (Å²) in [5.41, 5.74) is 1.79. The number of carbonyl (C=O) groups excluding carboxylic acids is 1. The lowest BCUT2D eigenvalue weighted by molar-refractivity contribution is -0.117. The molecule has 0 saturated carbocycles. The fraction of sp³-hybridized carbons (Fsp3) is 0.235. The van der Waals surface area contributed by atoms with Gasteiger partial charge in [-0.25, -0.2) is 0 Å². The summed E-state index contributed by atoms with van der Waals surface area (Å²) in [6, 6.07) is 17.1. The van der Waals surface area contributed by atoms with Gasteiger partial charge < -0.3 is 5.32 Å². The Morgan fingerprint density at radius 2 is 1.90 bits per heavy atom. The Balaban J connectivity index is 2.15. The zero-order valence-corrected chi connectivity index (χ0v) is 12.2. The molecule has 0 fully saturated rings. The molecule has 0 aromatic heterocycles. The first kappa shape index (κ1) is 14.6. The molecule has 0 saturated heterocycles. The summed E-state index contributed by atoms with van der Waals surface area (Å²) in [5.74, 6) is -0.111. The first-order valence-electron chi connectivity index (χ1n) is 6.82. The average Bonchev–Trinajstić information content (AvgIpc) is 2.45. The third kappa shape index (κ3) is 3.84. The lowest BCUT2D eigenvalue weighted by Crippen LogP contribution is -2.21. The van der Waals surface area contributed by atoms with Gasteiger partial charge in [-0.05, 0) is 30.2 Å². The van der Waals surface area contributed by atoms with Crippen molar-refractivity contribution in [3.05, 3.63) is 65.2 Å². The van der Waals surface area contributed by atoms with Gasteiger partial charge in [0.1, 0.15) is 0 Å². The monoisotopic (exact) mass is 287 g/mol. The zero-order chi connectivity index (χ0) is 14.4. The van der Waals surface area contributed by atoms with Crippen molar-refractivity contribution in [1.29, 1.82) is 0 Å². The summed E-state index contributed by atoms with van der Waals surface area (Å²) < 4.78 is 0. The van der Waals surface area contributed by atoms with E-state index in [0.717, 1.165) is 24.1 Å². The van der Waals surface area contributed by atoms with Gasteiger partial charge in [-0.2, -0.15) is 0 Å². The second-order valence-electron chi connectivity index (χ2n) is 4.75. The van der Waals surface area contributed by atoms with Crippen LogP contribution in [0.1, 0.15) is 31.2 Å². The minimum absolute atomic E-state index is 0.0142. The van der Waals surface area contributed by atoms with Crippen LogP contribution in [-0.4, -0.2) is 5.91 Å². The van der Waals surface area contributed by atoms with Crippen molar-refractivity contribution >= 4 is 23.2 Å². The Morgan fingerprint density at radius 3 is 2.55 bits per heavy atom. The van der Waals surface area contributed by atoms with E-state index in [1.165, 1.54) is 0 Å². The highest BCUT2D eigenvalue weighted by atomic mass is 35.5. The van der Waals surface area contributed by atoms with E-state index in [1.807, 2.05) is 42.5 Å². The first-order chi connectivity index (χ1) is 9.70. The molecular weight excluding hydrogens is 270 g/mol. The SMILES string of the molecule is CCC[C@H](C(=O)Nc1cccc(Cl)c1)c1ccccc1. The molecule has 0 spiro atoms. The molecule has 0 heterocycles.